The molecule has 0 unspecified atom stereocenters. The van der Waals surface area contributed by atoms with Crippen LogP contribution in [0, 0.1) is 0 Å². The second-order valence-corrected chi connectivity index (χ2v) is 5.34. The van der Waals surface area contributed by atoms with Crippen LogP contribution in [0.2, 0.25) is 0 Å². The van der Waals surface area contributed by atoms with Gasteiger partial charge in [-0.2, -0.15) is 0 Å². The number of rotatable bonds is 4. The molecule has 0 aromatic heterocycles. The Bertz CT molecular complexity index is 293. The Hall–Kier alpha value is -0.341. The van der Waals surface area contributed by atoms with Gasteiger partial charge in [-0.1, -0.05) is 0 Å². The molecule has 0 atom stereocenters. The van der Waals surface area contributed by atoms with Crippen molar-refractivity contribution in [2.24, 2.45) is 0 Å². The zero-order valence-corrected chi connectivity index (χ0v) is 11.9. The molecule has 0 saturated carbocycles. The Balaban J connectivity index is 2.90. The van der Waals surface area contributed by atoms with E-state index >= 15 is 0 Å². The topological polar surface area (TPSA) is 6.48 Å². The minimum atomic E-state index is 1.01. The average Bonchev–Trinajstić information content (AvgIpc) is 2.10. The molecule has 1 rings (SSSR count). The first-order valence-electron chi connectivity index (χ1n) is 5.10. The van der Waals surface area contributed by atoms with Crippen LogP contribution in [0.25, 0.3) is 0 Å². The zero-order chi connectivity index (χ0) is 11.4. The van der Waals surface area contributed by atoms with Crippen LogP contribution in [0.3, 0.4) is 0 Å². The Morgan fingerprint density at radius 2 is 1.33 bits per heavy atom. The summed E-state index contributed by atoms with van der Waals surface area (Å²) in [5.74, 6) is 0. The van der Waals surface area contributed by atoms with Gasteiger partial charge in [-0.05, 0) is 0 Å². The van der Waals surface area contributed by atoms with Gasteiger partial charge in [-0.25, -0.2) is 0 Å². The van der Waals surface area contributed by atoms with Crippen molar-refractivity contribution in [2.75, 3.05) is 28.2 Å². The summed E-state index contributed by atoms with van der Waals surface area (Å²) in [6, 6.07) is 6.55. The second-order valence-electron chi connectivity index (χ2n) is 4.40. The summed E-state index contributed by atoms with van der Waals surface area (Å²) in [6.45, 7) is 2.01. The fourth-order valence-corrected chi connectivity index (χ4v) is 2.19. The van der Waals surface area contributed by atoms with Gasteiger partial charge in [-0.3, -0.25) is 0 Å². The standard InChI is InChI=1S/C12H20N2Se/c1-13(2)8-10-6-5-7-11(12(10)15)9-14(3)4/h5-7,15H,8-9H2,1-4H3. The first-order chi connectivity index (χ1) is 7.00. The molecule has 0 fully saturated rings. The van der Waals surface area contributed by atoms with Gasteiger partial charge in [0.25, 0.3) is 0 Å². The van der Waals surface area contributed by atoms with Crippen LogP contribution in [-0.4, -0.2) is 54.0 Å². The number of benzene rings is 1. The molecule has 0 amide bonds. The van der Waals surface area contributed by atoms with E-state index in [0.29, 0.717) is 0 Å². The van der Waals surface area contributed by atoms with Crippen molar-refractivity contribution < 1.29 is 0 Å². The van der Waals surface area contributed by atoms with Gasteiger partial charge in [0.1, 0.15) is 0 Å². The van der Waals surface area contributed by atoms with Crippen LogP contribution in [0.15, 0.2) is 18.2 Å². The molecule has 3 heteroatoms. The van der Waals surface area contributed by atoms with E-state index in [4.69, 9.17) is 0 Å². The van der Waals surface area contributed by atoms with Crippen molar-refractivity contribution in [2.45, 2.75) is 13.1 Å². The third-order valence-corrected chi connectivity index (χ3v) is 3.38. The van der Waals surface area contributed by atoms with Crippen molar-refractivity contribution in [1.29, 1.82) is 0 Å². The fourth-order valence-electron chi connectivity index (χ4n) is 1.58. The van der Waals surface area contributed by atoms with Crippen LogP contribution in [-0.2, 0) is 13.1 Å². The van der Waals surface area contributed by atoms with Crippen LogP contribution >= 0.6 is 0 Å². The SMILES string of the molecule is CN(C)Cc1cccc(CN(C)C)c1[SeH]. The number of nitrogens with zero attached hydrogens (tertiary/aromatic N) is 2. The summed E-state index contributed by atoms with van der Waals surface area (Å²) >= 11 is 2.71. The molecular weight excluding hydrogens is 251 g/mol. The molecule has 84 valence electrons. The molecule has 0 aliphatic heterocycles. The Labute approximate surface area is 101 Å². The number of hydrogen-bond acceptors (Lipinski definition) is 2. The summed E-state index contributed by atoms with van der Waals surface area (Å²) in [6.07, 6.45) is 0. The molecule has 0 N–H and O–H groups in total. The van der Waals surface area contributed by atoms with Crippen LogP contribution < -0.4 is 4.46 Å². The van der Waals surface area contributed by atoms with Gasteiger partial charge in [-0.15, -0.1) is 0 Å². The summed E-state index contributed by atoms with van der Waals surface area (Å²) in [5.41, 5.74) is 2.80. The third kappa shape index (κ3) is 3.96. The van der Waals surface area contributed by atoms with Crippen molar-refractivity contribution in [3.63, 3.8) is 0 Å². The van der Waals surface area contributed by atoms with Gasteiger partial charge in [0.05, 0.1) is 0 Å². The van der Waals surface area contributed by atoms with E-state index in [2.05, 4.69) is 72.2 Å². The average molecular weight is 271 g/mol. The van der Waals surface area contributed by atoms with Gasteiger partial charge >= 0.3 is 101 Å². The van der Waals surface area contributed by atoms with Crippen LogP contribution in [0.1, 0.15) is 11.1 Å². The van der Waals surface area contributed by atoms with E-state index in [1.807, 2.05) is 0 Å². The molecule has 0 heterocycles. The van der Waals surface area contributed by atoms with Gasteiger partial charge in [0.2, 0.25) is 0 Å². The van der Waals surface area contributed by atoms with Crippen LogP contribution in [0.4, 0.5) is 0 Å². The summed E-state index contributed by atoms with van der Waals surface area (Å²) < 4.78 is 1.37. The first-order valence-corrected chi connectivity index (χ1v) is 6.03. The Morgan fingerprint density at radius 1 is 0.933 bits per heavy atom. The maximum atomic E-state index is 2.71. The van der Waals surface area contributed by atoms with E-state index in [0.717, 1.165) is 13.1 Å². The molecule has 0 spiro atoms. The minimum absolute atomic E-state index is 1.01. The molecule has 0 aliphatic rings. The van der Waals surface area contributed by atoms with E-state index in [9.17, 15) is 0 Å². The zero-order valence-electron chi connectivity index (χ0n) is 9.99. The summed E-state index contributed by atoms with van der Waals surface area (Å²) in [5, 5.41) is 0. The van der Waals surface area contributed by atoms with E-state index < -0.39 is 0 Å². The fraction of sp³-hybridized carbons (Fsp3) is 0.500. The van der Waals surface area contributed by atoms with Gasteiger partial charge in [0.15, 0.2) is 0 Å². The van der Waals surface area contributed by atoms with Crippen LogP contribution in [0.5, 0.6) is 0 Å². The molecule has 0 saturated heterocycles. The molecular formula is C12H20N2Se. The predicted molar refractivity (Wildman–Crippen MR) is 68.0 cm³/mol. The Kier molecular flexibility index (Phi) is 4.81. The van der Waals surface area contributed by atoms with E-state index in [-0.39, 0.29) is 0 Å². The van der Waals surface area contributed by atoms with E-state index in [1.165, 1.54) is 15.6 Å². The summed E-state index contributed by atoms with van der Waals surface area (Å²) in [7, 11) is 8.41. The van der Waals surface area contributed by atoms with E-state index in [1.54, 1.807) is 0 Å². The van der Waals surface area contributed by atoms with Crippen molar-refractivity contribution in [3.05, 3.63) is 29.3 Å². The summed E-state index contributed by atoms with van der Waals surface area (Å²) in [4.78, 5) is 4.40. The molecule has 0 radical (unpaired) electrons. The normalized spacial score (nSPS) is 11.4. The quantitative estimate of drug-likeness (QED) is 0.729. The second kappa shape index (κ2) is 5.66. The van der Waals surface area contributed by atoms with Crippen molar-refractivity contribution in [3.8, 4) is 0 Å². The van der Waals surface area contributed by atoms with Gasteiger partial charge in [0, 0.05) is 0 Å². The third-order valence-electron chi connectivity index (χ3n) is 2.18. The monoisotopic (exact) mass is 272 g/mol. The molecule has 1 aromatic rings. The number of hydrogen-bond donors (Lipinski definition) is 0. The van der Waals surface area contributed by atoms with Crippen molar-refractivity contribution in [1.82, 2.24) is 9.80 Å². The predicted octanol–water partition coefficient (Wildman–Crippen LogP) is 0.336. The van der Waals surface area contributed by atoms with Gasteiger partial charge < -0.3 is 0 Å². The first kappa shape index (κ1) is 12.7. The van der Waals surface area contributed by atoms with Crippen molar-refractivity contribution >= 4 is 20.5 Å². The molecule has 2 nitrogen and oxygen atoms in total. The molecule has 15 heavy (non-hydrogen) atoms. The molecule has 0 aliphatic carbocycles. The maximum absolute atomic E-state index is 2.71. The Morgan fingerprint density at radius 3 is 1.67 bits per heavy atom. The molecule has 0 bridgehead atoms. The molecule has 1 aromatic carbocycles.